The van der Waals surface area contributed by atoms with E-state index in [0.717, 1.165) is 35.0 Å². The monoisotopic (exact) mass is 477 g/mol. The Morgan fingerprint density at radius 2 is 1.67 bits per heavy atom. The minimum Gasteiger partial charge on any atom is -0.326 e. The molecule has 2 aromatic carbocycles. The molecule has 1 heterocycles. The second kappa shape index (κ2) is 10.1. The number of aryl methyl sites for hydroxylation is 2. The molecule has 2 amide bonds. The molecule has 1 aromatic heterocycles. The molecule has 3 rings (SSSR count). The fourth-order valence-electron chi connectivity index (χ4n) is 2.89. The molecule has 0 spiro atoms. The fraction of sp³-hybridized carbons (Fsp3) is 0.273. The van der Waals surface area contributed by atoms with Crippen molar-refractivity contribution >= 4 is 35.0 Å². The summed E-state index contributed by atoms with van der Waals surface area (Å²) < 4.78 is 40.1. The van der Waals surface area contributed by atoms with Crippen LogP contribution in [0.15, 0.2) is 47.6 Å². The van der Waals surface area contributed by atoms with E-state index in [1.165, 1.54) is 12.1 Å². The number of nitrogens with one attached hydrogen (secondary N) is 2. The Morgan fingerprint density at radius 1 is 0.970 bits per heavy atom. The van der Waals surface area contributed by atoms with E-state index in [9.17, 15) is 22.8 Å². The van der Waals surface area contributed by atoms with E-state index in [1.807, 2.05) is 32.0 Å². The summed E-state index contributed by atoms with van der Waals surface area (Å²) in [6.07, 6.45) is -4.68. The second-order valence-corrected chi connectivity index (χ2v) is 8.34. The van der Waals surface area contributed by atoms with E-state index in [0.29, 0.717) is 16.7 Å². The van der Waals surface area contributed by atoms with Crippen molar-refractivity contribution in [3.8, 4) is 0 Å². The van der Waals surface area contributed by atoms with Crippen molar-refractivity contribution in [1.29, 1.82) is 0 Å². The molecule has 0 aliphatic rings. The zero-order valence-electron chi connectivity index (χ0n) is 18.2. The Kier molecular flexibility index (Phi) is 7.42. The van der Waals surface area contributed by atoms with Crippen LogP contribution in [-0.4, -0.2) is 32.3 Å². The van der Waals surface area contributed by atoms with Crippen molar-refractivity contribution in [2.75, 3.05) is 16.4 Å². The summed E-state index contributed by atoms with van der Waals surface area (Å²) in [6.45, 7) is 3.95. The van der Waals surface area contributed by atoms with Gasteiger partial charge in [0.15, 0.2) is 5.16 Å². The third-order valence-electron chi connectivity index (χ3n) is 4.84. The molecule has 0 aliphatic carbocycles. The van der Waals surface area contributed by atoms with Gasteiger partial charge in [-0.25, -0.2) is 0 Å². The summed E-state index contributed by atoms with van der Waals surface area (Å²) in [6, 6.07) is 10.0. The van der Waals surface area contributed by atoms with Gasteiger partial charge in [-0.3, -0.25) is 9.59 Å². The van der Waals surface area contributed by atoms with E-state index in [2.05, 4.69) is 20.8 Å². The second-order valence-electron chi connectivity index (χ2n) is 7.40. The smallest absolute Gasteiger partial charge is 0.326 e. The Labute approximate surface area is 192 Å². The van der Waals surface area contributed by atoms with Crippen LogP contribution in [0.5, 0.6) is 0 Å². The molecule has 11 heteroatoms. The first-order chi connectivity index (χ1) is 15.5. The quantitative estimate of drug-likeness (QED) is 0.494. The summed E-state index contributed by atoms with van der Waals surface area (Å²) in [5, 5.41) is 13.6. The first kappa shape index (κ1) is 24.3. The SMILES string of the molecule is Cc1ccc(NC(=O)CSc2nnc(CC(=O)Nc3cccc(C(F)(F)F)c3)n2C)cc1C. The number of benzene rings is 2. The van der Waals surface area contributed by atoms with Gasteiger partial charge in [-0.05, 0) is 55.3 Å². The molecule has 3 aromatic rings. The molecule has 0 atom stereocenters. The highest BCUT2D eigenvalue weighted by molar-refractivity contribution is 7.99. The van der Waals surface area contributed by atoms with Gasteiger partial charge >= 0.3 is 6.18 Å². The van der Waals surface area contributed by atoms with Crippen molar-refractivity contribution in [1.82, 2.24) is 14.8 Å². The minimum atomic E-state index is -4.50. The van der Waals surface area contributed by atoms with Crippen LogP contribution < -0.4 is 10.6 Å². The first-order valence-corrected chi connectivity index (χ1v) is 10.9. The van der Waals surface area contributed by atoms with Gasteiger partial charge in [-0.2, -0.15) is 13.2 Å². The maximum Gasteiger partial charge on any atom is 0.416 e. The van der Waals surface area contributed by atoms with Crippen LogP contribution >= 0.6 is 11.8 Å². The van der Waals surface area contributed by atoms with Crippen molar-refractivity contribution in [3.05, 3.63) is 65.0 Å². The number of carbonyl (C=O) groups excluding carboxylic acids is 2. The number of aromatic nitrogens is 3. The number of halogens is 3. The summed E-state index contributed by atoms with van der Waals surface area (Å²) in [5.74, 6) is -0.338. The van der Waals surface area contributed by atoms with Crippen LogP contribution in [0.2, 0.25) is 0 Å². The molecule has 0 unspecified atom stereocenters. The number of nitrogens with zero attached hydrogens (tertiary/aromatic N) is 3. The number of hydrogen-bond donors (Lipinski definition) is 2. The molecule has 174 valence electrons. The standard InChI is InChI=1S/C22H22F3N5O2S/c1-13-7-8-17(9-14(13)2)27-20(32)12-33-21-29-28-18(30(21)3)11-19(31)26-16-6-4-5-15(10-16)22(23,24)25/h4-10H,11-12H2,1-3H3,(H,26,31)(H,27,32). The van der Waals surface area contributed by atoms with Gasteiger partial charge in [0, 0.05) is 18.4 Å². The lowest BCUT2D eigenvalue weighted by molar-refractivity contribution is -0.137. The van der Waals surface area contributed by atoms with Gasteiger partial charge in [0.05, 0.1) is 17.7 Å². The van der Waals surface area contributed by atoms with E-state index in [1.54, 1.807) is 11.6 Å². The molecule has 0 saturated heterocycles. The largest absolute Gasteiger partial charge is 0.416 e. The first-order valence-electron chi connectivity index (χ1n) is 9.88. The van der Waals surface area contributed by atoms with Crippen LogP contribution in [0.4, 0.5) is 24.5 Å². The lowest BCUT2D eigenvalue weighted by Crippen LogP contribution is -2.18. The average molecular weight is 478 g/mol. The summed E-state index contributed by atoms with van der Waals surface area (Å²) in [7, 11) is 1.65. The Bertz CT molecular complexity index is 1180. The van der Waals surface area contributed by atoms with Gasteiger partial charge < -0.3 is 15.2 Å². The molecule has 0 aliphatic heterocycles. The summed E-state index contributed by atoms with van der Waals surface area (Å²) >= 11 is 1.16. The van der Waals surface area contributed by atoms with Crippen molar-refractivity contribution in [2.45, 2.75) is 31.6 Å². The maximum absolute atomic E-state index is 12.8. The predicted molar refractivity (Wildman–Crippen MR) is 120 cm³/mol. The Balaban J connectivity index is 1.55. The number of anilines is 2. The van der Waals surface area contributed by atoms with E-state index >= 15 is 0 Å². The highest BCUT2D eigenvalue weighted by atomic mass is 32.2. The van der Waals surface area contributed by atoms with Crippen LogP contribution in [0.25, 0.3) is 0 Å². The summed E-state index contributed by atoms with van der Waals surface area (Å²) in [5.41, 5.74) is 2.09. The summed E-state index contributed by atoms with van der Waals surface area (Å²) in [4.78, 5) is 24.5. The number of carbonyl (C=O) groups is 2. The van der Waals surface area contributed by atoms with Crippen molar-refractivity contribution < 1.29 is 22.8 Å². The highest BCUT2D eigenvalue weighted by Crippen LogP contribution is 2.30. The average Bonchev–Trinajstić information content (AvgIpc) is 3.08. The number of amides is 2. The third kappa shape index (κ3) is 6.58. The van der Waals surface area contributed by atoms with Crippen molar-refractivity contribution in [2.24, 2.45) is 7.05 Å². The van der Waals surface area contributed by atoms with Crippen LogP contribution in [0, 0.1) is 13.8 Å². The molecule has 33 heavy (non-hydrogen) atoms. The minimum absolute atomic E-state index is 0.0367. The predicted octanol–water partition coefficient (Wildman–Crippen LogP) is 4.36. The fourth-order valence-corrected chi connectivity index (χ4v) is 3.62. The van der Waals surface area contributed by atoms with Crippen LogP contribution in [0.1, 0.15) is 22.5 Å². The zero-order valence-corrected chi connectivity index (χ0v) is 19.0. The zero-order chi connectivity index (χ0) is 24.2. The Morgan fingerprint density at radius 3 is 2.36 bits per heavy atom. The number of alkyl halides is 3. The molecule has 0 saturated carbocycles. The topological polar surface area (TPSA) is 88.9 Å². The number of hydrogen-bond acceptors (Lipinski definition) is 5. The molecule has 7 nitrogen and oxygen atoms in total. The normalized spacial score (nSPS) is 11.3. The number of rotatable bonds is 7. The molecule has 0 fully saturated rings. The van der Waals surface area contributed by atoms with Gasteiger partial charge in [0.25, 0.3) is 0 Å². The lowest BCUT2D eigenvalue weighted by Gasteiger charge is -2.10. The van der Waals surface area contributed by atoms with Crippen molar-refractivity contribution in [3.63, 3.8) is 0 Å². The molecule has 0 radical (unpaired) electrons. The van der Waals surface area contributed by atoms with E-state index in [-0.39, 0.29) is 23.8 Å². The highest BCUT2D eigenvalue weighted by Gasteiger charge is 2.30. The molecule has 2 N–H and O–H groups in total. The van der Waals surface area contributed by atoms with E-state index < -0.39 is 17.6 Å². The van der Waals surface area contributed by atoms with Crippen LogP contribution in [-0.2, 0) is 29.2 Å². The van der Waals surface area contributed by atoms with Gasteiger partial charge in [0.2, 0.25) is 11.8 Å². The molecular formula is C22H22F3N5O2S. The van der Waals surface area contributed by atoms with Crippen LogP contribution in [0.3, 0.4) is 0 Å². The molecule has 0 bridgehead atoms. The Hall–Kier alpha value is -3.34. The van der Waals surface area contributed by atoms with E-state index in [4.69, 9.17) is 0 Å². The van der Waals surface area contributed by atoms with Gasteiger partial charge in [-0.15, -0.1) is 10.2 Å². The third-order valence-corrected chi connectivity index (χ3v) is 5.86. The molecular weight excluding hydrogens is 455 g/mol. The number of thioether (sulfide) groups is 1. The maximum atomic E-state index is 12.8. The lowest BCUT2D eigenvalue weighted by atomic mass is 10.1. The van der Waals surface area contributed by atoms with Gasteiger partial charge in [-0.1, -0.05) is 23.9 Å². The van der Waals surface area contributed by atoms with Gasteiger partial charge in [0.1, 0.15) is 5.82 Å².